The predicted octanol–water partition coefficient (Wildman–Crippen LogP) is 6.27. The third-order valence-electron chi connectivity index (χ3n) is 5.44. The van der Waals surface area contributed by atoms with Gasteiger partial charge in [0.15, 0.2) is 5.78 Å². The summed E-state index contributed by atoms with van der Waals surface area (Å²) in [5.74, 6) is -2.07. The van der Waals surface area contributed by atoms with Gasteiger partial charge in [-0.3, -0.25) is 9.59 Å². The van der Waals surface area contributed by atoms with Crippen molar-refractivity contribution in [3.8, 4) is 0 Å². The second-order valence-corrected chi connectivity index (χ2v) is 7.87. The summed E-state index contributed by atoms with van der Waals surface area (Å²) in [6.45, 7) is 3.90. The van der Waals surface area contributed by atoms with Crippen LogP contribution in [0.25, 0.3) is 0 Å². The number of benzene rings is 3. The number of rotatable bonds is 10. The lowest BCUT2D eigenvalue weighted by atomic mass is 9.87. The van der Waals surface area contributed by atoms with Gasteiger partial charge in [-0.2, -0.15) is 0 Å². The molecule has 0 bridgehead atoms. The maximum Gasteiger partial charge on any atom is 0.311 e. The van der Waals surface area contributed by atoms with Gasteiger partial charge >= 0.3 is 5.97 Å². The first kappa shape index (κ1) is 24.1. The molecule has 3 rings (SSSR count). The predicted molar refractivity (Wildman–Crippen MR) is 124 cm³/mol. The van der Waals surface area contributed by atoms with Crippen molar-refractivity contribution in [3.05, 3.63) is 101 Å². The number of ketones is 1. The third kappa shape index (κ3) is 6.72. The fourth-order valence-electron chi connectivity index (χ4n) is 3.65. The number of carbonyl (C=O) groups excluding carboxylic acids is 2. The van der Waals surface area contributed by atoms with E-state index >= 15 is 0 Å². The van der Waals surface area contributed by atoms with Crippen LogP contribution in [0.3, 0.4) is 0 Å². The molecule has 4 nitrogen and oxygen atoms in total. The number of esters is 1. The lowest BCUT2D eigenvalue weighted by Gasteiger charge is -2.28. The lowest BCUT2D eigenvalue weighted by molar-refractivity contribution is -0.148. The summed E-state index contributed by atoms with van der Waals surface area (Å²) in [5.41, 5.74) is 2.94. The van der Waals surface area contributed by atoms with Crippen LogP contribution in [-0.2, 0) is 9.53 Å². The zero-order valence-corrected chi connectivity index (χ0v) is 18.7. The van der Waals surface area contributed by atoms with Crippen LogP contribution in [0.1, 0.15) is 47.3 Å². The Balaban J connectivity index is 1.89. The average Bonchev–Trinajstić information content (AvgIpc) is 2.81. The minimum atomic E-state index is -0.679. The van der Waals surface area contributed by atoms with Gasteiger partial charge in [-0.1, -0.05) is 29.8 Å². The maximum absolute atomic E-state index is 13.4. The van der Waals surface area contributed by atoms with Crippen molar-refractivity contribution in [3.63, 3.8) is 0 Å². The van der Waals surface area contributed by atoms with E-state index in [1.54, 1.807) is 19.1 Å². The molecule has 0 aliphatic heterocycles. The number of ether oxygens (including phenoxy) is 1. The van der Waals surface area contributed by atoms with Crippen LogP contribution >= 0.6 is 0 Å². The van der Waals surface area contributed by atoms with Crippen molar-refractivity contribution in [2.45, 2.75) is 32.7 Å². The Morgan fingerprint density at radius 3 is 2.03 bits per heavy atom. The lowest BCUT2D eigenvalue weighted by Crippen LogP contribution is -2.30. The van der Waals surface area contributed by atoms with E-state index in [1.165, 1.54) is 36.4 Å². The normalized spacial score (nSPS) is 12.6. The molecule has 0 aromatic heterocycles. The molecule has 3 aromatic carbocycles. The van der Waals surface area contributed by atoms with E-state index in [-0.39, 0.29) is 31.0 Å². The Morgan fingerprint density at radius 2 is 1.45 bits per heavy atom. The highest BCUT2D eigenvalue weighted by Gasteiger charge is 2.31. The van der Waals surface area contributed by atoms with Crippen molar-refractivity contribution in [1.82, 2.24) is 0 Å². The molecular weight excluding hydrogens is 424 g/mol. The van der Waals surface area contributed by atoms with Crippen molar-refractivity contribution >= 4 is 17.4 Å². The van der Waals surface area contributed by atoms with Crippen molar-refractivity contribution < 1.29 is 23.1 Å². The molecular formula is C27H27F2NO3. The number of hydrogen-bond acceptors (Lipinski definition) is 4. The number of carbonyl (C=O) groups is 2. The monoisotopic (exact) mass is 451 g/mol. The molecule has 3 aromatic rings. The maximum atomic E-state index is 13.4. The zero-order chi connectivity index (χ0) is 23.8. The first-order valence-electron chi connectivity index (χ1n) is 10.9. The van der Waals surface area contributed by atoms with Crippen molar-refractivity contribution in [2.24, 2.45) is 5.92 Å². The molecule has 33 heavy (non-hydrogen) atoms. The van der Waals surface area contributed by atoms with Gasteiger partial charge in [-0.25, -0.2) is 8.78 Å². The molecule has 0 aliphatic rings. The molecule has 1 unspecified atom stereocenters. The number of hydrogen-bond donors (Lipinski definition) is 1. The standard InChI is InChI=1S/C27H27F2NO3/c1-3-33-27(32)24(16-17-25(31)19-8-10-21(28)11-9-19)26(20-6-4-18(2)5-7-20)30-23-14-12-22(29)13-15-23/h4-15,24,26,30H,3,16-17H2,1-2H3/t24?,26-/m0/s1. The molecule has 0 saturated heterocycles. The molecule has 0 amide bonds. The fraction of sp³-hybridized carbons (Fsp3) is 0.259. The molecule has 0 heterocycles. The second-order valence-electron chi connectivity index (χ2n) is 7.87. The summed E-state index contributed by atoms with van der Waals surface area (Å²) in [6.07, 6.45) is 0.310. The van der Waals surface area contributed by atoms with Gasteiger partial charge in [0.2, 0.25) is 0 Å². The summed E-state index contributed by atoms with van der Waals surface area (Å²) in [7, 11) is 0. The van der Waals surface area contributed by atoms with E-state index < -0.39 is 23.7 Å². The molecule has 0 saturated carbocycles. The van der Waals surface area contributed by atoms with Crippen LogP contribution in [0, 0.1) is 24.5 Å². The Bertz CT molecular complexity index is 1060. The highest BCUT2D eigenvalue weighted by atomic mass is 19.1. The van der Waals surface area contributed by atoms with Crippen molar-refractivity contribution in [1.29, 1.82) is 0 Å². The minimum Gasteiger partial charge on any atom is -0.466 e. The molecule has 2 atom stereocenters. The Morgan fingerprint density at radius 1 is 0.879 bits per heavy atom. The molecule has 172 valence electrons. The van der Waals surface area contributed by atoms with Gasteiger partial charge < -0.3 is 10.1 Å². The van der Waals surface area contributed by atoms with E-state index in [9.17, 15) is 18.4 Å². The van der Waals surface area contributed by atoms with E-state index in [0.29, 0.717) is 11.3 Å². The third-order valence-corrected chi connectivity index (χ3v) is 5.44. The van der Waals surface area contributed by atoms with Crippen LogP contribution in [0.4, 0.5) is 14.5 Å². The SMILES string of the molecule is CCOC(=O)C(CCC(=O)c1ccc(F)cc1)[C@@H](Nc1ccc(F)cc1)c1ccc(C)cc1. The number of halogens is 2. The Hall–Kier alpha value is -3.54. The molecule has 0 fully saturated rings. The average molecular weight is 452 g/mol. The summed E-state index contributed by atoms with van der Waals surface area (Å²) in [5, 5.41) is 3.32. The summed E-state index contributed by atoms with van der Waals surface area (Å²) in [4.78, 5) is 25.7. The molecule has 0 spiro atoms. The number of nitrogens with one attached hydrogen (secondary N) is 1. The van der Waals surface area contributed by atoms with Gasteiger partial charge in [0.1, 0.15) is 11.6 Å². The second kappa shape index (κ2) is 11.4. The molecule has 1 N–H and O–H groups in total. The minimum absolute atomic E-state index is 0.0859. The van der Waals surface area contributed by atoms with E-state index in [2.05, 4.69) is 5.32 Å². The first-order valence-corrected chi connectivity index (χ1v) is 10.9. The van der Waals surface area contributed by atoms with Crippen LogP contribution in [0.15, 0.2) is 72.8 Å². The molecule has 0 radical (unpaired) electrons. The summed E-state index contributed by atoms with van der Waals surface area (Å²) < 4.78 is 32.0. The van der Waals surface area contributed by atoms with E-state index in [0.717, 1.165) is 11.1 Å². The Kier molecular flexibility index (Phi) is 8.30. The van der Waals surface area contributed by atoms with Gasteiger partial charge in [0.05, 0.1) is 18.6 Å². The summed E-state index contributed by atoms with van der Waals surface area (Å²) >= 11 is 0. The van der Waals surface area contributed by atoms with Crippen molar-refractivity contribution in [2.75, 3.05) is 11.9 Å². The van der Waals surface area contributed by atoms with E-state index in [1.807, 2.05) is 31.2 Å². The number of aryl methyl sites for hydroxylation is 1. The van der Waals surface area contributed by atoms with Crippen LogP contribution < -0.4 is 5.32 Å². The van der Waals surface area contributed by atoms with Gasteiger partial charge in [-0.15, -0.1) is 0 Å². The Labute approximate surface area is 192 Å². The highest BCUT2D eigenvalue weighted by molar-refractivity contribution is 5.96. The highest BCUT2D eigenvalue weighted by Crippen LogP contribution is 2.32. The van der Waals surface area contributed by atoms with Gasteiger partial charge in [0, 0.05) is 17.7 Å². The quantitative estimate of drug-likeness (QED) is 0.292. The van der Waals surface area contributed by atoms with Crippen LogP contribution in [0.5, 0.6) is 0 Å². The van der Waals surface area contributed by atoms with Crippen LogP contribution in [-0.4, -0.2) is 18.4 Å². The first-order chi connectivity index (χ1) is 15.9. The zero-order valence-electron chi connectivity index (χ0n) is 18.7. The number of anilines is 1. The van der Waals surface area contributed by atoms with E-state index in [4.69, 9.17) is 4.74 Å². The molecule has 0 aliphatic carbocycles. The smallest absolute Gasteiger partial charge is 0.311 e. The largest absolute Gasteiger partial charge is 0.466 e. The van der Waals surface area contributed by atoms with Gasteiger partial charge in [-0.05, 0) is 74.4 Å². The molecule has 6 heteroatoms. The van der Waals surface area contributed by atoms with Gasteiger partial charge in [0.25, 0.3) is 0 Å². The topological polar surface area (TPSA) is 55.4 Å². The number of Topliss-reactive ketones (excluding diaryl/α,β-unsaturated/α-hetero) is 1. The fourth-order valence-corrected chi connectivity index (χ4v) is 3.65. The summed E-state index contributed by atoms with van der Waals surface area (Å²) in [6, 6.07) is 18.5. The van der Waals surface area contributed by atoms with Crippen LogP contribution in [0.2, 0.25) is 0 Å².